The molecule has 0 spiro atoms. The van der Waals surface area contributed by atoms with Crippen molar-refractivity contribution in [3.05, 3.63) is 23.9 Å². The number of aliphatic hydroxyl groups is 1. The smallest absolute Gasteiger partial charge is 0.243 e. The van der Waals surface area contributed by atoms with Gasteiger partial charge in [0.25, 0.3) is 0 Å². The monoisotopic (exact) mass is 262 g/mol. The Labute approximate surface area is 113 Å². The normalized spacial score (nSPS) is 13.7. The summed E-state index contributed by atoms with van der Waals surface area (Å²) in [5.41, 5.74) is 1.99. The Morgan fingerprint density at radius 3 is 2.74 bits per heavy atom. The van der Waals surface area contributed by atoms with Crippen LogP contribution in [0.4, 0.5) is 5.95 Å². The Morgan fingerprint density at radius 1 is 1.42 bits per heavy atom. The van der Waals surface area contributed by atoms with Gasteiger partial charge in [0.2, 0.25) is 5.95 Å². The van der Waals surface area contributed by atoms with Crippen molar-refractivity contribution >= 4 is 11.6 Å². The molecule has 104 valence electrons. The fourth-order valence-corrected chi connectivity index (χ4v) is 2.11. The summed E-state index contributed by atoms with van der Waals surface area (Å²) in [5, 5.41) is 16.9. The number of hydrogen-bond donors (Lipinski definition) is 2. The number of fused-ring (bicyclic) bond motifs is 1. The maximum Gasteiger partial charge on any atom is 0.243 e. The van der Waals surface area contributed by atoms with Gasteiger partial charge in [0.05, 0.1) is 0 Å². The van der Waals surface area contributed by atoms with Crippen LogP contribution in [0.1, 0.15) is 32.8 Å². The van der Waals surface area contributed by atoms with Crippen LogP contribution in [0.5, 0.6) is 0 Å². The lowest BCUT2D eigenvalue weighted by Gasteiger charge is -2.30. The zero-order valence-electron chi connectivity index (χ0n) is 12.0. The zero-order valence-corrected chi connectivity index (χ0v) is 12.0. The molecule has 2 aromatic heterocycles. The molecule has 2 aromatic rings. The van der Waals surface area contributed by atoms with Crippen LogP contribution in [0.3, 0.4) is 0 Å². The van der Waals surface area contributed by atoms with Crippen molar-refractivity contribution in [2.24, 2.45) is 5.41 Å². The molecule has 0 aliphatic rings. The molecule has 1 unspecified atom stereocenters. The van der Waals surface area contributed by atoms with Crippen molar-refractivity contribution in [1.82, 2.24) is 14.6 Å². The van der Waals surface area contributed by atoms with Gasteiger partial charge >= 0.3 is 0 Å². The average molecular weight is 262 g/mol. The Morgan fingerprint density at radius 2 is 2.16 bits per heavy atom. The SMILES string of the molecule is Cc1cccn2nc(NC(CCO)C(C)(C)C)nc12. The van der Waals surface area contributed by atoms with Crippen molar-refractivity contribution in [1.29, 1.82) is 0 Å². The van der Waals surface area contributed by atoms with E-state index in [0.717, 1.165) is 11.2 Å². The predicted octanol–water partition coefficient (Wildman–Crippen LogP) is 2.25. The van der Waals surface area contributed by atoms with E-state index in [-0.39, 0.29) is 18.1 Å². The van der Waals surface area contributed by atoms with Gasteiger partial charge in [-0.25, -0.2) is 4.52 Å². The Balaban J connectivity index is 2.27. The number of aryl methyl sites for hydroxylation is 1. The third-order valence-electron chi connectivity index (χ3n) is 3.32. The molecule has 19 heavy (non-hydrogen) atoms. The quantitative estimate of drug-likeness (QED) is 0.887. The first kappa shape index (κ1) is 13.8. The van der Waals surface area contributed by atoms with Gasteiger partial charge in [0, 0.05) is 18.8 Å². The number of nitrogens with zero attached hydrogens (tertiary/aromatic N) is 3. The molecule has 0 amide bonds. The van der Waals surface area contributed by atoms with Gasteiger partial charge in [-0.1, -0.05) is 26.8 Å². The number of aliphatic hydroxyl groups excluding tert-OH is 1. The number of anilines is 1. The van der Waals surface area contributed by atoms with Crippen LogP contribution < -0.4 is 5.32 Å². The van der Waals surface area contributed by atoms with Gasteiger partial charge in [0.15, 0.2) is 5.65 Å². The van der Waals surface area contributed by atoms with E-state index in [1.807, 2.05) is 25.3 Å². The van der Waals surface area contributed by atoms with Crippen LogP contribution >= 0.6 is 0 Å². The standard InChI is InChI=1S/C14H22N4O/c1-10-6-5-8-18-12(10)16-13(17-18)15-11(7-9-19)14(2,3)4/h5-6,8,11,19H,7,9H2,1-4H3,(H,15,17). The van der Waals surface area contributed by atoms with Crippen molar-refractivity contribution in [3.8, 4) is 0 Å². The lowest BCUT2D eigenvalue weighted by atomic mass is 9.85. The summed E-state index contributed by atoms with van der Waals surface area (Å²) in [6.07, 6.45) is 2.57. The van der Waals surface area contributed by atoms with Gasteiger partial charge in [0.1, 0.15) is 0 Å². The molecule has 5 nitrogen and oxygen atoms in total. The summed E-state index contributed by atoms with van der Waals surface area (Å²) in [6, 6.07) is 4.11. The van der Waals surface area contributed by atoms with Crippen LogP contribution in [0, 0.1) is 12.3 Å². The second-order valence-electron chi connectivity index (χ2n) is 5.97. The third kappa shape index (κ3) is 3.04. The molecule has 0 fully saturated rings. The van der Waals surface area contributed by atoms with E-state index in [1.54, 1.807) is 4.52 Å². The van der Waals surface area contributed by atoms with E-state index >= 15 is 0 Å². The number of pyridine rings is 1. The van der Waals surface area contributed by atoms with Gasteiger partial charge in [-0.15, -0.1) is 5.10 Å². The second kappa shape index (κ2) is 5.17. The molecule has 2 N–H and O–H groups in total. The minimum atomic E-state index is 0.0370. The zero-order chi connectivity index (χ0) is 14.0. The molecule has 0 radical (unpaired) electrons. The molecule has 2 rings (SSSR count). The molecule has 5 heteroatoms. The van der Waals surface area contributed by atoms with Crippen LogP contribution in [0.25, 0.3) is 5.65 Å². The van der Waals surface area contributed by atoms with Gasteiger partial charge < -0.3 is 10.4 Å². The van der Waals surface area contributed by atoms with Crippen molar-refractivity contribution in [2.45, 2.75) is 40.2 Å². The van der Waals surface area contributed by atoms with Crippen LogP contribution in [0.15, 0.2) is 18.3 Å². The second-order valence-corrected chi connectivity index (χ2v) is 5.97. The average Bonchev–Trinajstić information content (AvgIpc) is 2.71. The van der Waals surface area contributed by atoms with Crippen LogP contribution in [-0.4, -0.2) is 32.4 Å². The summed E-state index contributed by atoms with van der Waals surface area (Å²) in [5.74, 6) is 0.614. The van der Waals surface area contributed by atoms with Gasteiger partial charge in [-0.2, -0.15) is 4.98 Å². The first-order chi connectivity index (χ1) is 8.91. The van der Waals surface area contributed by atoms with Crippen LogP contribution in [-0.2, 0) is 0 Å². The molecular weight excluding hydrogens is 240 g/mol. The predicted molar refractivity (Wildman–Crippen MR) is 76.3 cm³/mol. The minimum Gasteiger partial charge on any atom is -0.396 e. The molecule has 0 aromatic carbocycles. The highest BCUT2D eigenvalue weighted by Gasteiger charge is 2.25. The highest BCUT2D eigenvalue weighted by molar-refractivity contribution is 5.50. The first-order valence-corrected chi connectivity index (χ1v) is 6.61. The topological polar surface area (TPSA) is 62.5 Å². The summed E-state index contributed by atoms with van der Waals surface area (Å²) in [7, 11) is 0. The molecule has 0 aliphatic carbocycles. The number of hydrogen-bond acceptors (Lipinski definition) is 4. The molecular formula is C14H22N4O. The summed E-state index contributed by atoms with van der Waals surface area (Å²) in [4.78, 5) is 4.51. The van der Waals surface area contributed by atoms with Crippen LogP contribution in [0.2, 0.25) is 0 Å². The summed E-state index contributed by atoms with van der Waals surface area (Å²) in [6.45, 7) is 8.59. The molecule has 0 saturated carbocycles. The summed E-state index contributed by atoms with van der Waals surface area (Å²) < 4.78 is 1.77. The molecule has 0 bridgehead atoms. The number of aromatic nitrogens is 3. The Hall–Kier alpha value is -1.62. The molecule has 1 atom stereocenters. The van der Waals surface area contributed by atoms with E-state index in [2.05, 4.69) is 36.2 Å². The van der Waals surface area contributed by atoms with Gasteiger partial charge in [-0.05, 0) is 30.4 Å². The van der Waals surface area contributed by atoms with Crippen molar-refractivity contribution in [3.63, 3.8) is 0 Å². The van der Waals surface area contributed by atoms with E-state index in [4.69, 9.17) is 0 Å². The maximum atomic E-state index is 9.18. The molecule has 0 aliphatic heterocycles. The lowest BCUT2D eigenvalue weighted by Crippen LogP contribution is -2.35. The fraction of sp³-hybridized carbons (Fsp3) is 0.571. The van der Waals surface area contributed by atoms with E-state index in [1.165, 1.54) is 0 Å². The largest absolute Gasteiger partial charge is 0.396 e. The van der Waals surface area contributed by atoms with Gasteiger partial charge in [-0.3, -0.25) is 0 Å². The minimum absolute atomic E-state index is 0.0370. The lowest BCUT2D eigenvalue weighted by molar-refractivity contribution is 0.235. The van der Waals surface area contributed by atoms with E-state index in [9.17, 15) is 5.11 Å². The van der Waals surface area contributed by atoms with E-state index in [0.29, 0.717) is 12.4 Å². The first-order valence-electron chi connectivity index (χ1n) is 6.61. The highest BCUT2D eigenvalue weighted by atomic mass is 16.3. The third-order valence-corrected chi connectivity index (χ3v) is 3.32. The van der Waals surface area contributed by atoms with Crippen molar-refractivity contribution < 1.29 is 5.11 Å². The Bertz CT molecular complexity index is 556. The Kier molecular flexibility index (Phi) is 3.75. The fourth-order valence-electron chi connectivity index (χ4n) is 2.11. The van der Waals surface area contributed by atoms with Crippen molar-refractivity contribution in [2.75, 3.05) is 11.9 Å². The van der Waals surface area contributed by atoms with E-state index < -0.39 is 0 Å². The molecule has 0 saturated heterocycles. The highest BCUT2D eigenvalue weighted by Crippen LogP contribution is 2.24. The number of nitrogens with one attached hydrogen (secondary N) is 1. The summed E-state index contributed by atoms with van der Waals surface area (Å²) >= 11 is 0. The number of rotatable bonds is 4. The molecule has 2 heterocycles. The maximum absolute atomic E-state index is 9.18.